The maximum absolute atomic E-state index is 14.5. The standard InChI is InChI=1S/C24H24F4N6O3/c1-12-18(11-31-21(12)35)22(36)32-20-8-19(34(33-20)16-9-29-13(2)30-10-16)14-5-15(25)7-17(6-14)37-23(3,4)24(26,27)28/h5-10,18,21,31,35H,1,11H2,2-4H3,(H,32,33,36)/t18-,21?/m0/s1. The molecule has 1 aromatic carbocycles. The van der Waals surface area contributed by atoms with Crippen LogP contribution in [0.4, 0.5) is 23.4 Å². The molecule has 1 aliphatic rings. The Morgan fingerprint density at radius 3 is 2.49 bits per heavy atom. The number of benzene rings is 1. The van der Waals surface area contributed by atoms with Crippen LogP contribution in [-0.4, -0.2) is 55.3 Å². The van der Waals surface area contributed by atoms with E-state index >= 15 is 0 Å². The fourth-order valence-electron chi connectivity index (χ4n) is 3.62. The highest BCUT2D eigenvalue weighted by atomic mass is 19.4. The second kappa shape index (κ2) is 9.56. The van der Waals surface area contributed by atoms with Crippen molar-refractivity contribution < 1.29 is 32.2 Å². The van der Waals surface area contributed by atoms with Crippen molar-refractivity contribution in [2.45, 2.75) is 38.8 Å². The van der Waals surface area contributed by atoms with Crippen LogP contribution in [0.3, 0.4) is 0 Å². The number of alkyl halides is 3. The molecular formula is C24H24F4N6O3. The van der Waals surface area contributed by atoms with E-state index in [2.05, 4.69) is 32.3 Å². The molecule has 37 heavy (non-hydrogen) atoms. The molecule has 1 aliphatic heterocycles. The number of carbonyl (C=O) groups excluding carboxylic acids is 1. The van der Waals surface area contributed by atoms with Gasteiger partial charge in [0.25, 0.3) is 0 Å². The number of rotatable bonds is 6. The van der Waals surface area contributed by atoms with Gasteiger partial charge in [0.15, 0.2) is 11.4 Å². The van der Waals surface area contributed by atoms with Gasteiger partial charge in [0.2, 0.25) is 5.91 Å². The molecule has 2 atom stereocenters. The van der Waals surface area contributed by atoms with E-state index in [1.807, 2.05) is 0 Å². The lowest BCUT2D eigenvalue weighted by molar-refractivity contribution is -0.234. The van der Waals surface area contributed by atoms with Gasteiger partial charge in [-0.15, -0.1) is 5.10 Å². The van der Waals surface area contributed by atoms with Gasteiger partial charge in [-0.2, -0.15) is 13.2 Å². The third kappa shape index (κ3) is 5.47. The van der Waals surface area contributed by atoms with Crippen LogP contribution in [0.1, 0.15) is 19.7 Å². The Labute approximate surface area is 209 Å². The third-order valence-corrected chi connectivity index (χ3v) is 5.83. The molecule has 1 saturated heterocycles. The number of aliphatic hydroxyl groups is 1. The fraction of sp³-hybridized carbons (Fsp3) is 0.333. The second-order valence-electron chi connectivity index (χ2n) is 9.03. The van der Waals surface area contributed by atoms with Crippen molar-refractivity contribution in [3.8, 4) is 22.7 Å². The summed E-state index contributed by atoms with van der Waals surface area (Å²) in [6.07, 6.45) is -2.81. The zero-order valence-corrected chi connectivity index (χ0v) is 20.1. The molecule has 13 heteroatoms. The molecule has 4 rings (SSSR count). The van der Waals surface area contributed by atoms with Crippen molar-refractivity contribution >= 4 is 11.7 Å². The Hall–Kier alpha value is -3.84. The van der Waals surface area contributed by atoms with E-state index in [9.17, 15) is 27.5 Å². The Morgan fingerprint density at radius 2 is 1.89 bits per heavy atom. The summed E-state index contributed by atoms with van der Waals surface area (Å²) in [5.41, 5.74) is -1.58. The molecule has 3 heterocycles. The fourth-order valence-corrected chi connectivity index (χ4v) is 3.62. The van der Waals surface area contributed by atoms with Crippen molar-refractivity contribution in [3.63, 3.8) is 0 Å². The van der Waals surface area contributed by atoms with Gasteiger partial charge in [0.05, 0.1) is 24.0 Å². The quantitative estimate of drug-likeness (QED) is 0.337. The largest absolute Gasteiger partial charge is 0.478 e. The molecule has 3 N–H and O–H groups in total. The SMILES string of the molecule is C=C1C(O)NC[C@@H]1C(=O)Nc1cc(-c2cc(F)cc(OC(C)(C)C(F)(F)F)c2)n(-c2cnc(C)nc2)n1. The van der Waals surface area contributed by atoms with Crippen LogP contribution in [0, 0.1) is 18.7 Å². The van der Waals surface area contributed by atoms with Gasteiger partial charge in [0.1, 0.15) is 29.3 Å². The highest BCUT2D eigenvalue weighted by Crippen LogP contribution is 2.36. The average Bonchev–Trinajstić information content (AvgIpc) is 3.36. The Morgan fingerprint density at radius 1 is 1.22 bits per heavy atom. The number of aromatic nitrogens is 4. The second-order valence-corrected chi connectivity index (χ2v) is 9.03. The minimum Gasteiger partial charge on any atom is -0.478 e. The summed E-state index contributed by atoms with van der Waals surface area (Å²) in [4.78, 5) is 21.0. The molecule has 3 aromatic rings. The summed E-state index contributed by atoms with van der Waals surface area (Å²) in [7, 11) is 0. The molecule has 1 unspecified atom stereocenters. The summed E-state index contributed by atoms with van der Waals surface area (Å²) in [5.74, 6) is -1.85. The molecule has 1 amide bonds. The molecule has 0 aliphatic carbocycles. The molecule has 196 valence electrons. The molecular weight excluding hydrogens is 496 g/mol. The van der Waals surface area contributed by atoms with E-state index in [0.29, 0.717) is 17.1 Å². The first-order valence-corrected chi connectivity index (χ1v) is 11.1. The van der Waals surface area contributed by atoms with Gasteiger partial charge in [-0.3, -0.25) is 10.1 Å². The Kier molecular flexibility index (Phi) is 6.78. The average molecular weight is 520 g/mol. The number of carbonyl (C=O) groups is 1. The van der Waals surface area contributed by atoms with Crippen molar-refractivity contribution in [2.75, 3.05) is 11.9 Å². The number of halogens is 4. The summed E-state index contributed by atoms with van der Waals surface area (Å²) < 4.78 is 61.0. The van der Waals surface area contributed by atoms with Gasteiger partial charge in [-0.05, 0) is 38.5 Å². The summed E-state index contributed by atoms with van der Waals surface area (Å²) >= 11 is 0. The molecule has 0 bridgehead atoms. The molecule has 9 nitrogen and oxygen atoms in total. The first-order valence-electron chi connectivity index (χ1n) is 11.1. The minimum atomic E-state index is -4.70. The summed E-state index contributed by atoms with van der Waals surface area (Å²) in [6, 6.07) is 4.61. The number of ether oxygens (including phenoxy) is 1. The molecule has 2 aromatic heterocycles. The summed E-state index contributed by atoms with van der Waals surface area (Å²) in [5, 5.41) is 19.5. The third-order valence-electron chi connectivity index (χ3n) is 5.83. The highest BCUT2D eigenvalue weighted by Gasteiger charge is 2.50. The number of aryl methyl sites for hydroxylation is 1. The van der Waals surface area contributed by atoms with Gasteiger partial charge >= 0.3 is 6.18 Å². The number of amides is 1. The number of nitrogens with zero attached hydrogens (tertiary/aromatic N) is 4. The van der Waals surface area contributed by atoms with Crippen LogP contribution in [-0.2, 0) is 4.79 Å². The Balaban J connectivity index is 1.74. The normalized spacial score (nSPS) is 18.2. The molecule has 0 saturated carbocycles. The number of aliphatic hydroxyl groups excluding tert-OH is 1. The lowest BCUT2D eigenvalue weighted by Gasteiger charge is -2.29. The van der Waals surface area contributed by atoms with Crippen LogP contribution >= 0.6 is 0 Å². The zero-order chi connectivity index (χ0) is 27.1. The maximum Gasteiger partial charge on any atom is 0.427 e. The topological polar surface area (TPSA) is 114 Å². The van der Waals surface area contributed by atoms with Crippen molar-refractivity contribution in [1.82, 2.24) is 25.1 Å². The molecule has 1 fully saturated rings. The van der Waals surface area contributed by atoms with Crippen LogP contribution < -0.4 is 15.4 Å². The van der Waals surface area contributed by atoms with Crippen molar-refractivity contribution in [2.24, 2.45) is 5.92 Å². The first-order chi connectivity index (χ1) is 17.2. The summed E-state index contributed by atoms with van der Waals surface area (Å²) in [6.45, 7) is 7.24. The Bertz CT molecular complexity index is 1340. The predicted molar refractivity (Wildman–Crippen MR) is 125 cm³/mol. The van der Waals surface area contributed by atoms with Crippen LogP contribution in [0.2, 0.25) is 0 Å². The van der Waals surface area contributed by atoms with Gasteiger partial charge in [-0.1, -0.05) is 6.58 Å². The molecule has 0 radical (unpaired) electrons. The minimum absolute atomic E-state index is 0.0668. The van der Waals surface area contributed by atoms with Gasteiger partial charge < -0.3 is 15.2 Å². The molecule has 0 spiro atoms. The van der Waals surface area contributed by atoms with E-state index < -0.39 is 35.6 Å². The van der Waals surface area contributed by atoms with E-state index in [-0.39, 0.29) is 29.4 Å². The highest BCUT2D eigenvalue weighted by molar-refractivity contribution is 5.94. The van der Waals surface area contributed by atoms with E-state index in [4.69, 9.17) is 4.74 Å². The number of hydrogen-bond donors (Lipinski definition) is 3. The van der Waals surface area contributed by atoms with Crippen LogP contribution in [0.25, 0.3) is 16.9 Å². The van der Waals surface area contributed by atoms with Crippen molar-refractivity contribution in [1.29, 1.82) is 0 Å². The van der Waals surface area contributed by atoms with Crippen LogP contribution in [0.15, 0.2) is 48.8 Å². The first kappa shape index (κ1) is 26.2. The van der Waals surface area contributed by atoms with E-state index in [0.717, 1.165) is 26.0 Å². The van der Waals surface area contributed by atoms with Crippen LogP contribution in [0.5, 0.6) is 5.75 Å². The monoisotopic (exact) mass is 520 g/mol. The zero-order valence-electron chi connectivity index (χ0n) is 20.1. The van der Waals surface area contributed by atoms with Gasteiger partial charge in [0, 0.05) is 24.2 Å². The number of anilines is 1. The smallest absolute Gasteiger partial charge is 0.427 e. The lowest BCUT2D eigenvalue weighted by Crippen LogP contribution is -2.44. The number of nitrogens with one attached hydrogen (secondary N) is 2. The lowest BCUT2D eigenvalue weighted by atomic mass is 10.0. The van der Waals surface area contributed by atoms with E-state index in [1.54, 1.807) is 6.92 Å². The predicted octanol–water partition coefficient (Wildman–Crippen LogP) is 3.53. The van der Waals surface area contributed by atoms with E-state index in [1.165, 1.54) is 29.2 Å². The van der Waals surface area contributed by atoms with Gasteiger partial charge in [-0.25, -0.2) is 19.0 Å². The maximum atomic E-state index is 14.5. The number of hydrogen-bond acceptors (Lipinski definition) is 7. The van der Waals surface area contributed by atoms with Crippen molar-refractivity contribution in [3.05, 3.63) is 60.5 Å².